The second kappa shape index (κ2) is 11.0. The van der Waals surface area contributed by atoms with E-state index < -0.39 is 10.1 Å². The van der Waals surface area contributed by atoms with Gasteiger partial charge < -0.3 is 18.7 Å². The fourth-order valence-corrected chi connectivity index (χ4v) is 5.37. The van der Waals surface area contributed by atoms with Crippen molar-refractivity contribution in [2.24, 2.45) is 5.10 Å². The molecule has 2 aliphatic heterocycles. The van der Waals surface area contributed by atoms with E-state index in [0.29, 0.717) is 11.4 Å². The van der Waals surface area contributed by atoms with Crippen LogP contribution in [0.15, 0.2) is 64.6 Å². The molecule has 1 aromatic heterocycles. The van der Waals surface area contributed by atoms with Crippen LogP contribution in [0.2, 0.25) is 0 Å². The summed E-state index contributed by atoms with van der Waals surface area (Å²) in [5.74, 6) is 2.63. The molecule has 2 aliphatic rings. The van der Waals surface area contributed by atoms with Crippen LogP contribution < -0.4 is 24.1 Å². The number of aromatic nitrogens is 2. The molecule has 2 aromatic carbocycles. The van der Waals surface area contributed by atoms with Crippen molar-refractivity contribution in [2.45, 2.75) is 30.6 Å². The van der Waals surface area contributed by atoms with Gasteiger partial charge in [-0.2, -0.15) is 23.5 Å². The number of anilines is 3. The molecule has 3 heterocycles. The third-order valence-electron chi connectivity index (χ3n) is 6.33. The van der Waals surface area contributed by atoms with Gasteiger partial charge in [-0.05, 0) is 61.6 Å². The third-order valence-corrected chi connectivity index (χ3v) is 7.58. The van der Waals surface area contributed by atoms with Crippen LogP contribution in [0.25, 0.3) is 0 Å². The van der Waals surface area contributed by atoms with Crippen molar-refractivity contribution in [3.05, 3.63) is 60.2 Å². The lowest BCUT2D eigenvalue weighted by molar-refractivity contribution is 0.390. The number of nitrogens with one attached hydrogen (secondary N) is 1. The van der Waals surface area contributed by atoms with Crippen molar-refractivity contribution >= 4 is 33.9 Å². The van der Waals surface area contributed by atoms with Crippen LogP contribution in [0.4, 0.5) is 17.6 Å². The fraction of sp³-hybridized carbons (Fsp3) is 0.346. The Labute approximate surface area is 217 Å². The van der Waals surface area contributed by atoms with Crippen molar-refractivity contribution in [1.82, 2.24) is 9.97 Å². The van der Waals surface area contributed by atoms with Crippen LogP contribution in [0, 0.1) is 0 Å². The number of methoxy groups -OCH3 is 1. The summed E-state index contributed by atoms with van der Waals surface area (Å²) in [6.45, 7) is 3.90. The zero-order valence-electron chi connectivity index (χ0n) is 20.7. The molecule has 0 aliphatic carbocycles. The van der Waals surface area contributed by atoms with Gasteiger partial charge in [-0.15, -0.1) is 0 Å². The Hall–Kier alpha value is -3.86. The summed E-state index contributed by atoms with van der Waals surface area (Å²) in [6, 6.07) is 14.8. The minimum absolute atomic E-state index is 0.0679. The van der Waals surface area contributed by atoms with E-state index in [1.165, 1.54) is 19.2 Å². The number of rotatable bonds is 9. The van der Waals surface area contributed by atoms with Crippen LogP contribution in [-0.2, 0) is 10.1 Å². The molecule has 194 valence electrons. The molecule has 2 saturated heterocycles. The minimum Gasteiger partial charge on any atom is -0.493 e. The van der Waals surface area contributed by atoms with Gasteiger partial charge in [-0.3, -0.25) is 5.43 Å². The number of benzene rings is 2. The summed E-state index contributed by atoms with van der Waals surface area (Å²) in [7, 11) is -2.53. The molecule has 11 heteroatoms. The number of hydrogen-bond donors (Lipinski definition) is 1. The van der Waals surface area contributed by atoms with Gasteiger partial charge in [0.05, 0.1) is 13.3 Å². The van der Waals surface area contributed by atoms with E-state index in [-0.39, 0.29) is 16.4 Å². The predicted molar refractivity (Wildman–Crippen MR) is 143 cm³/mol. The van der Waals surface area contributed by atoms with Crippen molar-refractivity contribution in [3.63, 3.8) is 0 Å². The first-order valence-corrected chi connectivity index (χ1v) is 13.8. The van der Waals surface area contributed by atoms with Crippen LogP contribution in [0.5, 0.6) is 11.5 Å². The van der Waals surface area contributed by atoms with Crippen LogP contribution in [0.3, 0.4) is 0 Å². The zero-order valence-corrected chi connectivity index (χ0v) is 21.5. The van der Waals surface area contributed by atoms with Gasteiger partial charge in [0, 0.05) is 32.2 Å². The molecule has 37 heavy (non-hydrogen) atoms. The normalized spacial score (nSPS) is 15.9. The topological polar surface area (TPSA) is 109 Å². The number of nitrogens with zero attached hydrogens (tertiary/aromatic N) is 5. The molecule has 0 radical (unpaired) electrons. The van der Waals surface area contributed by atoms with Gasteiger partial charge in [0.1, 0.15) is 10.7 Å². The summed E-state index contributed by atoms with van der Waals surface area (Å²) >= 11 is 0. The molecule has 3 aromatic rings. The first-order chi connectivity index (χ1) is 18.0. The van der Waals surface area contributed by atoms with Crippen molar-refractivity contribution < 1.29 is 17.3 Å². The first kappa shape index (κ1) is 24.8. The maximum atomic E-state index is 12.6. The maximum Gasteiger partial charge on any atom is 0.339 e. The molecule has 0 saturated carbocycles. The number of hydrazone groups is 1. The van der Waals surface area contributed by atoms with E-state index in [1.807, 2.05) is 6.07 Å². The first-order valence-electron chi connectivity index (χ1n) is 12.4. The SMILES string of the molecule is COc1cc(/C=N/Nc2cc(N3CCCC3)nc(N3CCCC3)n2)ccc1OS(=O)(=O)c1ccccc1. The monoisotopic (exact) mass is 522 g/mol. The van der Waals surface area contributed by atoms with E-state index in [0.717, 1.165) is 63.6 Å². The molecular formula is C26H30N6O4S. The Morgan fingerprint density at radius 2 is 1.59 bits per heavy atom. The summed E-state index contributed by atoms with van der Waals surface area (Å²) in [5, 5.41) is 4.36. The van der Waals surface area contributed by atoms with Crippen molar-refractivity contribution in [1.29, 1.82) is 0 Å². The van der Waals surface area contributed by atoms with E-state index in [1.54, 1.807) is 42.6 Å². The Balaban J connectivity index is 1.32. The highest BCUT2D eigenvalue weighted by atomic mass is 32.2. The second-order valence-electron chi connectivity index (χ2n) is 8.93. The largest absolute Gasteiger partial charge is 0.493 e. The average molecular weight is 523 g/mol. The zero-order chi connectivity index (χ0) is 25.7. The molecule has 1 N–H and O–H groups in total. The van der Waals surface area contributed by atoms with Crippen LogP contribution in [-0.4, -0.2) is 57.9 Å². The summed E-state index contributed by atoms with van der Waals surface area (Å²) in [6.07, 6.45) is 6.24. The van der Waals surface area contributed by atoms with E-state index in [4.69, 9.17) is 13.9 Å². The average Bonchev–Trinajstić information content (AvgIpc) is 3.65. The molecule has 0 atom stereocenters. The highest BCUT2D eigenvalue weighted by Gasteiger charge is 2.21. The molecule has 10 nitrogen and oxygen atoms in total. The Kier molecular flexibility index (Phi) is 7.40. The van der Waals surface area contributed by atoms with Gasteiger partial charge in [0.2, 0.25) is 5.95 Å². The molecule has 0 unspecified atom stereocenters. The van der Waals surface area contributed by atoms with Crippen LogP contribution >= 0.6 is 0 Å². The van der Waals surface area contributed by atoms with Crippen molar-refractivity contribution in [2.75, 3.05) is 48.5 Å². The van der Waals surface area contributed by atoms with E-state index >= 15 is 0 Å². The summed E-state index contributed by atoms with van der Waals surface area (Å²) in [5.41, 5.74) is 3.73. The molecule has 0 bridgehead atoms. The highest BCUT2D eigenvalue weighted by molar-refractivity contribution is 7.87. The van der Waals surface area contributed by atoms with Gasteiger partial charge in [0.15, 0.2) is 17.3 Å². The van der Waals surface area contributed by atoms with Crippen molar-refractivity contribution in [3.8, 4) is 11.5 Å². The standard InChI is InChI=1S/C26H30N6O4S/c1-35-23-17-20(11-12-22(23)36-37(33,34)21-9-3-2-4-10-21)19-27-30-24-18-25(31-13-5-6-14-31)29-26(28-24)32-15-7-8-16-32/h2-4,9-12,17-19H,5-8,13-16H2,1H3,(H,28,29,30)/b27-19+. The fourth-order valence-electron chi connectivity index (χ4n) is 4.41. The summed E-state index contributed by atoms with van der Waals surface area (Å²) < 4.78 is 35.9. The molecular weight excluding hydrogens is 492 g/mol. The Morgan fingerprint density at radius 3 is 2.30 bits per heavy atom. The smallest absolute Gasteiger partial charge is 0.339 e. The van der Waals surface area contributed by atoms with E-state index in [2.05, 4.69) is 25.3 Å². The molecule has 2 fully saturated rings. The number of ether oxygens (including phenoxy) is 1. The predicted octanol–water partition coefficient (Wildman–Crippen LogP) is 3.90. The lowest BCUT2D eigenvalue weighted by Crippen LogP contribution is -2.24. The van der Waals surface area contributed by atoms with E-state index in [9.17, 15) is 8.42 Å². The highest BCUT2D eigenvalue weighted by Crippen LogP contribution is 2.30. The summed E-state index contributed by atoms with van der Waals surface area (Å²) in [4.78, 5) is 14.1. The molecule has 5 rings (SSSR count). The number of hydrogen-bond acceptors (Lipinski definition) is 10. The van der Waals surface area contributed by atoms with Gasteiger partial charge in [-0.1, -0.05) is 18.2 Å². The maximum absolute atomic E-state index is 12.6. The van der Waals surface area contributed by atoms with Gasteiger partial charge >= 0.3 is 10.1 Å². The van der Waals surface area contributed by atoms with Gasteiger partial charge in [0.25, 0.3) is 0 Å². The Morgan fingerprint density at radius 1 is 0.892 bits per heavy atom. The lowest BCUT2D eigenvalue weighted by Gasteiger charge is -2.21. The van der Waals surface area contributed by atoms with Gasteiger partial charge in [-0.25, -0.2) is 0 Å². The quantitative estimate of drug-likeness (QED) is 0.254. The van der Waals surface area contributed by atoms with Crippen LogP contribution in [0.1, 0.15) is 31.2 Å². The third kappa shape index (κ3) is 5.93. The molecule has 0 spiro atoms. The Bertz CT molecular complexity index is 1320. The minimum atomic E-state index is -3.98. The second-order valence-corrected chi connectivity index (χ2v) is 10.5. The molecule has 0 amide bonds. The lowest BCUT2D eigenvalue weighted by atomic mass is 10.2.